The van der Waals surface area contributed by atoms with E-state index in [1.165, 1.54) is 0 Å². The van der Waals surface area contributed by atoms with E-state index in [9.17, 15) is 9.59 Å². The van der Waals surface area contributed by atoms with E-state index < -0.39 is 6.04 Å². The lowest BCUT2D eigenvalue weighted by Gasteiger charge is -2.34. The van der Waals surface area contributed by atoms with Crippen LogP contribution in [0.1, 0.15) is 46.3 Å². The van der Waals surface area contributed by atoms with E-state index in [1.807, 2.05) is 25.1 Å². The third-order valence-corrected chi connectivity index (χ3v) is 5.02. The maximum Gasteiger partial charge on any atom is 0.255 e. The molecule has 1 atom stereocenters. The molecule has 3 heterocycles. The summed E-state index contributed by atoms with van der Waals surface area (Å²) in [7, 11) is 3.61. The number of aryl methyl sites for hydroxylation is 3. The van der Waals surface area contributed by atoms with Crippen molar-refractivity contribution in [2.45, 2.75) is 38.8 Å². The molecule has 2 N–H and O–H groups in total. The van der Waals surface area contributed by atoms with Crippen LogP contribution in [-0.4, -0.2) is 52.7 Å². The summed E-state index contributed by atoms with van der Waals surface area (Å²) in [5, 5.41) is 10.3. The Morgan fingerprint density at radius 3 is 2.46 bits per heavy atom. The van der Waals surface area contributed by atoms with E-state index >= 15 is 0 Å². The van der Waals surface area contributed by atoms with Crippen LogP contribution < -0.4 is 10.6 Å². The van der Waals surface area contributed by atoms with E-state index in [1.54, 1.807) is 30.9 Å². The molecule has 0 radical (unpaired) electrons. The maximum absolute atomic E-state index is 12.9. The quantitative estimate of drug-likeness (QED) is 0.784. The van der Waals surface area contributed by atoms with Gasteiger partial charge in [-0.15, -0.1) is 12.4 Å². The number of rotatable bonds is 5. The van der Waals surface area contributed by atoms with Gasteiger partial charge in [0.05, 0.1) is 11.8 Å². The molecule has 1 unspecified atom stereocenters. The number of likely N-dealkylation sites (N-methyl/N-ethyl adjacent to an activating group) is 1. The minimum atomic E-state index is -0.401. The number of carbonyl (C=O) groups excluding carboxylic acids is 2. The van der Waals surface area contributed by atoms with Gasteiger partial charge in [-0.2, -0.15) is 5.10 Å². The number of aromatic nitrogens is 2. The molecule has 1 saturated heterocycles. The number of amides is 2. The van der Waals surface area contributed by atoms with Gasteiger partial charge in [0.25, 0.3) is 5.91 Å². The Labute approximate surface area is 171 Å². The first kappa shape index (κ1) is 22.0. The van der Waals surface area contributed by atoms with E-state index in [0.717, 1.165) is 24.2 Å². The van der Waals surface area contributed by atoms with Crippen molar-refractivity contribution in [3.8, 4) is 0 Å². The molecule has 9 heteroatoms. The molecule has 2 amide bonds. The average Bonchev–Trinajstić information content (AvgIpc) is 3.21. The lowest BCUT2D eigenvalue weighted by atomic mass is 10.0. The average molecular weight is 410 g/mol. The van der Waals surface area contributed by atoms with Crippen LogP contribution >= 0.6 is 12.4 Å². The molecule has 0 spiro atoms. The van der Waals surface area contributed by atoms with Crippen LogP contribution in [0.25, 0.3) is 0 Å². The van der Waals surface area contributed by atoms with E-state index in [-0.39, 0.29) is 30.3 Å². The number of furan rings is 1. The number of carbonyl (C=O) groups is 2. The van der Waals surface area contributed by atoms with Crippen LogP contribution in [0.2, 0.25) is 0 Å². The number of piperidine rings is 1. The van der Waals surface area contributed by atoms with Crippen LogP contribution in [0.5, 0.6) is 0 Å². The van der Waals surface area contributed by atoms with Gasteiger partial charge in [0, 0.05) is 37.9 Å². The van der Waals surface area contributed by atoms with Crippen molar-refractivity contribution in [1.82, 2.24) is 25.3 Å². The number of nitrogens with one attached hydrogen (secondary N) is 2. The fourth-order valence-electron chi connectivity index (χ4n) is 3.57. The summed E-state index contributed by atoms with van der Waals surface area (Å²) in [6.45, 7) is 4.85. The normalized spacial score (nSPS) is 15.8. The van der Waals surface area contributed by atoms with Gasteiger partial charge in [-0.25, -0.2) is 0 Å². The fraction of sp³-hybridized carbons (Fsp3) is 0.526. The first-order chi connectivity index (χ1) is 12.9. The highest BCUT2D eigenvalue weighted by Gasteiger charge is 2.30. The van der Waals surface area contributed by atoms with Crippen molar-refractivity contribution in [1.29, 1.82) is 0 Å². The molecule has 8 nitrogen and oxygen atoms in total. The topological polar surface area (TPSA) is 92.4 Å². The Kier molecular flexibility index (Phi) is 7.26. The second kappa shape index (κ2) is 9.25. The summed E-state index contributed by atoms with van der Waals surface area (Å²) < 4.78 is 7.12. The molecule has 0 saturated carbocycles. The van der Waals surface area contributed by atoms with Crippen molar-refractivity contribution in [3.63, 3.8) is 0 Å². The SMILES string of the molecule is CNC(C(=O)N1CCC(NC(=O)c2cc(C)oc2C)CC1)c1cnn(C)c1.Cl. The van der Waals surface area contributed by atoms with Crippen molar-refractivity contribution in [2.75, 3.05) is 20.1 Å². The predicted molar refractivity (Wildman–Crippen MR) is 108 cm³/mol. The Morgan fingerprint density at radius 1 is 1.29 bits per heavy atom. The second-order valence-corrected chi connectivity index (χ2v) is 7.07. The van der Waals surface area contributed by atoms with Gasteiger partial charge < -0.3 is 20.0 Å². The summed E-state index contributed by atoms with van der Waals surface area (Å²) >= 11 is 0. The van der Waals surface area contributed by atoms with Crippen LogP contribution in [0.4, 0.5) is 0 Å². The zero-order chi connectivity index (χ0) is 19.6. The summed E-state index contributed by atoms with van der Waals surface area (Å²) in [4.78, 5) is 27.1. The van der Waals surface area contributed by atoms with Crippen LogP contribution in [-0.2, 0) is 11.8 Å². The fourth-order valence-corrected chi connectivity index (χ4v) is 3.57. The molecule has 0 bridgehead atoms. The third kappa shape index (κ3) is 4.74. The van der Waals surface area contributed by atoms with Crippen molar-refractivity contribution in [3.05, 3.63) is 41.1 Å². The predicted octanol–water partition coefficient (Wildman–Crippen LogP) is 1.73. The highest BCUT2D eigenvalue weighted by molar-refractivity contribution is 5.95. The van der Waals surface area contributed by atoms with Crippen molar-refractivity contribution >= 4 is 24.2 Å². The second-order valence-electron chi connectivity index (χ2n) is 7.07. The standard InChI is InChI=1S/C19H27N5O3.ClH/c1-12-9-16(13(2)27-12)18(25)22-15-5-7-24(8-6-15)19(26)17(20-3)14-10-21-23(4)11-14;/h9-11,15,17,20H,5-8H2,1-4H3,(H,22,25);1H. The zero-order valence-electron chi connectivity index (χ0n) is 16.7. The van der Waals surface area contributed by atoms with Gasteiger partial charge in [0.1, 0.15) is 17.6 Å². The number of nitrogens with zero attached hydrogens (tertiary/aromatic N) is 3. The molecule has 2 aromatic heterocycles. The summed E-state index contributed by atoms with van der Waals surface area (Å²) in [5.41, 5.74) is 1.43. The van der Waals surface area contributed by atoms with Gasteiger partial charge in [-0.3, -0.25) is 14.3 Å². The first-order valence-electron chi connectivity index (χ1n) is 9.21. The van der Waals surface area contributed by atoms with E-state index in [4.69, 9.17) is 4.42 Å². The Bertz CT molecular complexity index is 823. The molecule has 1 fully saturated rings. The van der Waals surface area contributed by atoms with Crippen molar-refractivity contribution < 1.29 is 14.0 Å². The smallest absolute Gasteiger partial charge is 0.255 e. The molecule has 1 aliphatic heterocycles. The largest absolute Gasteiger partial charge is 0.466 e. The Hall–Kier alpha value is -2.32. The van der Waals surface area contributed by atoms with Gasteiger partial charge >= 0.3 is 0 Å². The lowest BCUT2D eigenvalue weighted by molar-refractivity contribution is -0.134. The van der Waals surface area contributed by atoms with E-state index in [0.29, 0.717) is 24.4 Å². The van der Waals surface area contributed by atoms with Crippen LogP contribution in [0.3, 0.4) is 0 Å². The third-order valence-electron chi connectivity index (χ3n) is 5.02. The van der Waals surface area contributed by atoms with Gasteiger partial charge in [-0.05, 0) is 39.8 Å². The molecule has 3 rings (SSSR count). The van der Waals surface area contributed by atoms with E-state index in [2.05, 4.69) is 15.7 Å². The van der Waals surface area contributed by atoms with Crippen molar-refractivity contribution in [2.24, 2.45) is 7.05 Å². The highest BCUT2D eigenvalue weighted by atomic mass is 35.5. The minimum absolute atomic E-state index is 0. The van der Waals surface area contributed by atoms with Crippen LogP contribution in [0, 0.1) is 13.8 Å². The summed E-state index contributed by atoms with van der Waals surface area (Å²) in [6.07, 6.45) is 5.02. The molecule has 0 aliphatic carbocycles. The number of hydrogen-bond acceptors (Lipinski definition) is 5. The molecule has 28 heavy (non-hydrogen) atoms. The Morgan fingerprint density at radius 2 is 1.96 bits per heavy atom. The number of halogens is 1. The first-order valence-corrected chi connectivity index (χ1v) is 9.21. The summed E-state index contributed by atoms with van der Waals surface area (Å²) in [5.74, 6) is 1.28. The number of hydrogen-bond donors (Lipinski definition) is 2. The molecule has 154 valence electrons. The number of likely N-dealkylation sites (tertiary alicyclic amines) is 1. The molecule has 2 aromatic rings. The monoisotopic (exact) mass is 409 g/mol. The summed E-state index contributed by atoms with van der Waals surface area (Å²) in [6, 6.07) is 1.42. The van der Waals surface area contributed by atoms with Gasteiger partial charge in [-0.1, -0.05) is 0 Å². The van der Waals surface area contributed by atoms with Gasteiger partial charge in [0.15, 0.2) is 0 Å². The van der Waals surface area contributed by atoms with Crippen LogP contribution in [0.15, 0.2) is 22.9 Å². The Balaban J connectivity index is 0.00000280. The minimum Gasteiger partial charge on any atom is -0.466 e. The van der Waals surface area contributed by atoms with Gasteiger partial charge in [0.2, 0.25) is 5.91 Å². The molecule has 1 aliphatic rings. The molecular weight excluding hydrogens is 382 g/mol. The maximum atomic E-state index is 12.9. The highest BCUT2D eigenvalue weighted by Crippen LogP contribution is 2.20. The zero-order valence-corrected chi connectivity index (χ0v) is 17.5. The molecular formula is C19H28ClN5O3. The molecule has 0 aromatic carbocycles. The lowest BCUT2D eigenvalue weighted by Crippen LogP contribution is -2.49.